The molecule has 2 aliphatic heterocycles. The first-order chi connectivity index (χ1) is 16.1. The van der Waals surface area contributed by atoms with E-state index in [2.05, 4.69) is 12.1 Å². The van der Waals surface area contributed by atoms with Gasteiger partial charge in [-0.1, -0.05) is 29.8 Å². The Morgan fingerprint density at radius 1 is 1.06 bits per heavy atom. The Morgan fingerprint density at radius 2 is 1.70 bits per heavy atom. The van der Waals surface area contributed by atoms with Crippen molar-refractivity contribution in [3.8, 4) is 17.9 Å². The molecule has 168 valence electrons. The number of hydrogen-bond donors (Lipinski definition) is 0. The smallest absolute Gasteiger partial charge is 0.258 e. The highest BCUT2D eigenvalue weighted by Crippen LogP contribution is 2.58. The molecule has 0 radical (unpaired) electrons. The quantitative estimate of drug-likeness (QED) is 0.577. The summed E-state index contributed by atoms with van der Waals surface area (Å²) in [7, 11) is 1.61. The number of amides is 1. The van der Waals surface area contributed by atoms with E-state index in [0.29, 0.717) is 55.8 Å². The number of nitrogens with zero attached hydrogens (tertiary/aromatic N) is 3. The number of carbonyl (C=O) groups excluding carboxylic acids is 1. The van der Waals surface area contributed by atoms with Crippen LogP contribution < -0.4 is 9.64 Å². The fourth-order valence-electron chi connectivity index (χ4n) is 5.15. The van der Waals surface area contributed by atoms with E-state index in [4.69, 9.17) is 9.47 Å². The van der Waals surface area contributed by atoms with Crippen molar-refractivity contribution in [1.82, 2.24) is 0 Å². The second kappa shape index (κ2) is 9.38. The Morgan fingerprint density at radius 3 is 2.27 bits per heavy atom. The Balaban J connectivity index is 1.97. The van der Waals surface area contributed by atoms with Gasteiger partial charge in [0.15, 0.2) is 0 Å². The van der Waals surface area contributed by atoms with E-state index in [0.717, 1.165) is 16.8 Å². The molecule has 1 amide bonds. The maximum atomic E-state index is 13.9. The fourth-order valence-corrected chi connectivity index (χ4v) is 5.15. The van der Waals surface area contributed by atoms with Gasteiger partial charge in [-0.3, -0.25) is 4.79 Å². The molecule has 2 aliphatic rings. The Bertz CT molecular complexity index is 1120. The molecular weight excluding hydrogens is 414 g/mol. The second-order valence-corrected chi connectivity index (χ2v) is 8.56. The van der Waals surface area contributed by atoms with Gasteiger partial charge in [-0.05, 0) is 49.6 Å². The molecule has 0 N–H and O–H groups in total. The van der Waals surface area contributed by atoms with Crippen LogP contribution in [-0.4, -0.2) is 19.6 Å². The summed E-state index contributed by atoms with van der Waals surface area (Å²) in [5.74, 6) is 1.30. The fraction of sp³-hybridized carbons (Fsp3) is 0.370. The lowest BCUT2D eigenvalue weighted by molar-refractivity contribution is -0.117. The minimum Gasteiger partial charge on any atom is -0.497 e. The van der Waals surface area contributed by atoms with Gasteiger partial charge in [-0.15, -0.1) is 0 Å². The molecule has 33 heavy (non-hydrogen) atoms. The van der Waals surface area contributed by atoms with Crippen LogP contribution in [0.1, 0.15) is 49.3 Å². The van der Waals surface area contributed by atoms with Crippen molar-refractivity contribution in [2.24, 2.45) is 5.41 Å². The minimum atomic E-state index is -0.666. The molecule has 0 aromatic heterocycles. The zero-order valence-electron chi connectivity index (χ0n) is 19.0. The van der Waals surface area contributed by atoms with Gasteiger partial charge in [0.05, 0.1) is 42.9 Å². The third-order valence-electron chi connectivity index (χ3n) is 6.69. The highest BCUT2D eigenvalue weighted by Gasteiger charge is 2.55. The number of nitriles is 2. The van der Waals surface area contributed by atoms with Crippen LogP contribution in [-0.2, 0) is 9.53 Å². The zero-order chi connectivity index (χ0) is 23.4. The monoisotopic (exact) mass is 441 g/mol. The molecule has 1 atom stereocenters. The van der Waals surface area contributed by atoms with Gasteiger partial charge in [0.25, 0.3) is 5.91 Å². The van der Waals surface area contributed by atoms with Crippen molar-refractivity contribution < 1.29 is 14.3 Å². The number of hydrogen-bond acceptors (Lipinski definition) is 5. The third kappa shape index (κ3) is 3.94. The summed E-state index contributed by atoms with van der Waals surface area (Å²) in [5, 5.41) is 19.0. The van der Waals surface area contributed by atoms with Gasteiger partial charge < -0.3 is 14.4 Å². The van der Waals surface area contributed by atoms with E-state index >= 15 is 0 Å². The molecule has 2 heterocycles. The molecule has 0 spiro atoms. The standard InChI is InChI=1S/C27H27N3O3/c1-19-5-7-20(8-6-19)24-27(14-3-16-28,15-4-17-29)25-23(13-18-33-25)26(31)30(24)21-9-11-22(32-2)12-10-21/h5-12,24H,3-4,13-15,18H2,1-2H3. The van der Waals surface area contributed by atoms with Crippen molar-refractivity contribution in [3.05, 3.63) is 71.0 Å². The van der Waals surface area contributed by atoms with Crippen LogP contribution in [0.2, 0.25) is 0 Å². The van der Waals surface area contributed by atoms with E-state index in [1.54, 1.807) is 7.11 Å². The molecule has 0 fully saturated rings. The molecule has 0 saturated heterocycles. The zero-order valence-corrected chi connectivity index (χ0v) is 19.0. The lowest BCUT2D eigenvalue weighted by Crippen LogP contribution is -2.50. The number of carbonyl (C=O) groups is 1. The molecule has 0 aliphatic carbocycles. The maximum absolute atomic E-state index is 13.9. The predicted octanol–water partition coefficient (Wildman–Crippen LogP) is 5.36. The van der Waals surface area contributed by atoms with Crippen LogP contribution in [0.3, 0.4) is 0 Å². The minimum absolute atomic E-state index is 0.0808. The van der Waals surface area contributed by atoms with Crippen molar-refractivity contribution >= 4 is 11.6 Å². The number of rotatable bonds is 7. The first kappa shape index (κ1) is 22.4. The van der Waals surface area contributed by atoms with E-state index in [1.807, 2.05) is 60.4 Å². The van der Waals surface area contributed by atoms with Crippen LogP contribution >= 0.6 is 0 Å². The van der Waals surface area contributed by atoms with Crippen LogP contribution in [0.5, 0.6) is 5.75 Å². The van der Waals surface area contributed by atoms with Crippen molar-refractivity contribution in [3.63, 3.8) is 0 Å². The Kier molecular flexibility index (Phi) is 6.38. The molecule has 2 aromatic carbocycles. The summed E-state index contributed by atoms with van der Waals surface area (Å²) in [5.41, 5.74) is 2.82. The normalized spacial score (nSPS) is 18.8. The molecule has 0 bridgehead atoms. The van der Waals surface area contributed by atoms with Crippen molar-refractivity contribution in [2.45, 2.75) is 45.1 Å². The summed E-state index contributed by atoms with van der Waals surface area (Å²) < 4.78 is 11.4. The topological polar surface area (TPSA) is 86.3 Å². The lowest BCUT2D eigenvalue weighted by atomic mass is 9.65. The largest absolute Gasteiger partial charge is 0.497 e. The SMILES string of the molecule is COc1ccc(N2C(=O)C3=C(OCC3)C(CCC#N)(CCC#N)C2c2ccc(C)cc2)cc1. The number of aryl methyl sites for hydroxylation is 1. The summed E-state index contributed by atoms with van der Waals surface area (Å²) >= 11 is 0. The number of anilines is 1. The first-order valence-electron chi connectivity index (χ1n) is 11.2. The van der Waals surface area contributed by atoms with Crippen molar-refractivity contribution in [2.75, 3.05) is 18.6 Å². The molecule has 0 saturated carbocycles. The number of benzene rings is 2. The maximum Gasteiger partial charge on any atom is 0.258 e. The van der Waals surface area contributed by atoms with Gasteiger partial charge in [0.1, 0.15) is 11.5 Å². The summed E-state index contributed by atoms with van der Waals surface area (Å²) in [6.07, 6.45) is 2.14. The number of ether oxygens (including phenoxy) is 2. The Hall–Kier alpha value is -3.77. The predicted molar refractivity (Wildman–Crippen MR) is 124 cm³/mol. The number of methoxy groups -OCH3 is 1. The van der Waals surface area contributed by atoms with Crippen molar-refractivity contribution in [1.29, 1.82) is 10.5 Å². The van der Waals surface area contributed by atoms with Crippen LogP contribution in [0, 0.1) is 35.0 Å². The van der Waals surface area contributed by atoms with Crippen LogP contribution in [0.4, 0.5) is 5.69 Å². The van der Waals surface area contributed by atoms with Gasteiger partial charge in [0, 0.05) is 24.9 Å². The molecule has 1 unspecified atom stereocenters. The molecule has 2 aromatic rings. The average molecular weight is 442 g/mol. The molecular formula is C27H27N3O3. The molecule has 4 rings (SSSR count). The molecule has 6 heteroatoms. The van der Waals surface area contributed by atoms with E-state index in [9.17, 15) is 15.3 Å². The Labute approximate surface area is 194 Å². The van der Waals surface area contributed by atoms with Gasteiger partial charge in [-0.25, -0.2) is 0 Å². The van der Waals surface area contributed by atoms with E-state index in [-0.39, 0.29) is 5.91 Å². The third-order valence-corrected chi connectivity index (χ3v) is 6.69. The van der Waals surface area contributed by atoms with E-state index in [1.165, 1.54) is 0 Å². The van der Waals surface area contributed by atoms with Gasteiger partial charge >= 0.3 is 0 Å². The van der Waals surface area contributed by atoms with E-state index < -0.39 is 11.5 Å². The van der Waals surface area contributed by atoms with Crippen LogP contribution in [0.25, 0.3) is 0 Å². The average Bonchev–Trinajstić information content (AvgIpc) is 3.35. The summed E-state index contributed by atoms with van der Waals surface area (Å²) in [6, 6.07) is 19.8. The van der Waals surface area contributed by atoms with Gasteiger partial charge in [0.2, 0.25) is 0 Å². The molecule has 6 nitrogen and oxygen atoms in total. The summed E-state index contributed by atoms with van der Waals surface area (Å²) in [4.78, 5) is 15.7. The van der Waals surface area contributed by atoms with Gasteiger partial charge in [-0.2, -0.15) is 10.5 Å². The van der Waals surface area contributed by atoms with Crippen LogP contribution in [0.15, 0.2) is 59.9 Å². The highest BCUT2D eigenvalue weighted by molar-refractivity contribution is 6.08. The highest BCUT2D eigenvalue weighted by atomic mass is 16.5. The second-order valence-electron chi connectivity index (χ2n) is 8.56. The lowest BCUT2D eigenvalue weighted by Gasteiger charge is -2.49. The first-order valence-corrected chi connectivity index (χ1v) is 11.2. The summed E-state index contributed by atoms with van der Waals surface area (Å²) in [6.45, 7) is 2.46.